The van der Waals surface area contributed by atoms with Crippen molar-refractivity contribution in [1.29, 1.82) is 0 Å². The van der Waals surface area contributed by atoms with Gasteiger partial charge in [-0.2, -0.15) is 13.2 Å². The molecule has 0 spiro atoms. The summed E-state index contributed by atoms with van der Waals surface area (Å²) >= 11 is 0. The second-order valence-corrected chi connectivity index (χ2v) is 3.80. The number of ether oxygens (including phenoxy) is 1. The molecule has 7 heteroatoms. The molecule has 0 amide bonds. The van der Waals surface area contributed by atoms with E-state index in [2.05, 4.69) is 0 Å². The zero-order chi connectivity index (χ0) is 13.8. The van der Waals surface area contributed by atoms with Crippen LogP contribution < -0.4 is 0 Å². The third kappa shape index (κ3) is 4.79. The summed E-state index contributed by atoms with van der Waals surface area (Å²) in [5, 5.41) is 8.72. The van der Waals surface area contributed by atoms with Crippen LogP contribution in [-0.2, 0) is 11.3 Å². The molecular formula is C11H13F3O4. The molecule has 1 rings (SSSR count). The van der Waals surface area contributed by atoms with Crippen LogP contribution in [0, 0.1) is 6.92 Å². The summed E-state index contributed by atoms with van der Waals surface area (Å²) in [7, 11) is 0. The highest BCUT2D eigenvalue weighted by Gasteiger charge is 2.25. The Labute approximate surface area is 101 Å². The molecule has 0 aliphatic heterocycles. The van der Waals surface area contributed by atoms with E-state index in [1.165, 1.54) is 6.07 Å². The molecule has 1 aromatic heterocycles. The van der Waals surface area contributed by atoms with Crippen molar-refractivity contribution in [1.82, 2.24) is 0 Å². The van der Waals surface area contributed by atoms with Gasteiger partial charge in [0.25, 0.3) is 0 Å². The van der Waals surface area contributed by atoms with Crippen LogP contribution in [0.2, 0.25) is 0 Å². The molecule has 0 aliphatic rings. The maximum absolute atomic E-state index is 11.8. The summed E-state index contributed by atoms with van der Waals surface area (Å²) in [6, 6.07) is 1.49. The Morgan fingerprint density at radius 2 is 2.17 bits per heavy atom. The van der Waals surface area contributed by atoms with E-state index in [0.717, 1.165) is 0 Å². The highest BCUT2D eigenvalue weighted by atomic mass is 19.4. The van der Waals surface area contributed by atoms with Gasteiger partial charge in [0.2, 0.25) is 5.76 Å². The summed E-state index contributed by atoms with van der Waals surface area (Å²) in [6.07, 6.45) is -5.21. The van der Waals surface area contributed by atoms with Crippen molar-refractivity contribution in [2.45, 2.75) is 32.5 Å². The van der Waals surface area contributed by atoms with E-state index >= 15 is 0 Å². The average molecular weight is 266 g/mol. The van der Waals surface area contributed by atoms with Crippen molar-refractivity contribution in [3.05, 3.63) is 23.2 Å². The normalized spacial score (nSPS) is 11.8. The maximum Gasteiger partial charge on any atom is 0.389 e. The Morgan fingerprint density at radius 1 is 1.50 bits per heavy atom. The SMILES string of the molecule is Cc1cc(COCCCC(F)(F)F)oc1C(=O)O. The van der Waals surface area contributed by atoms with Crippen LogP contribution in [0.3, 0.4) is 0 Å². The minimum Gasteiger partial charge on any atom is -0.475 e. The van der Waals surface area contributed by atoms with Crippen LogP contribution in [-0.4, -0.2) is 23.9 Å². The monoisotopic (exact) mass is 266 g/mol. The minimum absolute atomic E-state index is 0.0357. The van der Waals surface area contributed by atoms with Crippen molar-refractivity contribution in [2.24, 2.45) is 0 Å². The first-order valence-corrected chi connectivity index (χ1v) is 5.26. The number of carboxylic acids is 1. The Balaban J connectivity index is 2.32. The van der Waals surface area contributed by atoms with Gasteiger partial charge >= 0.3 is 12.1 Å². The molecule has 4 nitrogen and oxygen atoms in total. The number of halogens is 3. The molecule has 0 atom stereocenters. The van der Waals surface area contributed by atoms with Crippen molar-refractivity contribution < 1.29 is 32.2 Å². The lowest BCUT2D eigenvalue weighted by Gasteiger charge is -2.05. The van der Waals surface area contributed by atoms with Gasteiger partial charge in [0.15, 0.2) is 0 Å². The van der Waals surface area contributed by atoms with Crippen LogP contribution in [0.15, 0.2) is 10.5 Å². The first-order valence-electron chi connectivity index (χ1n) is 5.26. The number of aromatic carboxylic acids is 1. The molecule has 1 N–H and O–H groups in total. The molecule has 0 radical (unpaired) electrons. The number of carboxylic acid groups (broad SMARTS) is 1. The number of rotatable bonds is 6. The van der Waals surface area contributed by atoms with E-state index in [1.807, 2.05) is 0 Å². The smallest absolute Gasteiger partial charge is 0.389 e. The lowest BCUT2D eigenvalue weighted by molar-refractivity contribution is -0.138. The Kier molecular flexibility index (Phi) is 4.77. The molecule has 0 fully saturated rings. The zero-order valence-corrected chi connectivity index (χ0v) is 9.71. The Morgan fingerprint density at radius 3 is 2.67 bits per heavy atom. The van der Waals surface area contributed by atoms with Crippen molar-refractivity contribution in [3.8, 4) is 0 Å². The summed E-state index contributed by atoms with van der Waals surface area (Å²) in [5.74, 6) is -1.07. The quantitative estimate of drug-likeness (QED) is 0.803. The number of aryl methyl sites for hydroxylation is 1. The van der Waals surface area contributed by atoms with Crippen molar-refractivity contribution >= 4 is 5.97 Å². The number of furan rings is 1. The lowest BCUT2D eigenvalue weighted by Crippen LogP contribution is -2.08. The molecule has 0 aromatic carbocycles. The second-order valence-electron chi connectivity index (χ2n) is 3.80. The largest absolute Gasteiger partial charge is 0.475 e. The lowest BCUT2D eigenvalue weighted by atomic mass is 10.3. The average Bonchev–Trinajstić information content (AvgIpc) is 2.57. The fourth-order valence-corrected chi connectivity index (χ4v) is 1.38. The zero-order valence-electron chi connectivity index (χ0n) is 9.71. The molecule has 0 bridgehead atoms. The molecule has 1 aromatic rings. The first-order chi connectivity index (χ1) is 8.29. The molecule has 0 saturated carbocycles. The maximum atomic E-state index is 11.8. The molecular weight excluding hydrogens is 253 g/mol. The van der Waals surface area contributed by atoms with Gasteiger partial charge in [0, 0.05) is 18.6 Å². The Bertz CT molecular complexity index is 409. The topological polar surface area (TPSA) is 59.7 Å². The molecule has 0 unspecified atom stereocenters. The van der Waals surface area contributed by atoms with Crippen molar-refractivity contribution in [2.75, 3.05) is 6.61 Å². The number of carbonyl (C=O) groups is 1. The van der Waals surface area contributed by atoms with E-state index in [4.69, 9.17) is 14.3 Å². The molecule has 18 heavy (non-hydrogen) atoms. The number of hydrogen-bond donors (Lipinski definition) is 1. The highest BCUT2D eigenvalue weighted by Crippen LogP contribution is 2.21. The van der Waals surface area contributed by atoms with Gasteiger partial charge in [-0.25, -0.2) is 4.79 Å². The first kappa shape index (κ1) is 14.6. The van der Waals surface area contributed by atoms with E-state index in [-0.39, 0.29) is 31.2 Å². The molecule has 0 saturated heterocycles. The third-order valence-corrected chi connectivity index (χ3v) is 2.16. The fourth-order valence-electron chi connectivity index (χ4n) is 1.38. The molecule has 102 valence electrons. The van der Waals surface area contributed by atoms with Gasteiger partial charge < -0.3 is 14.3 Å². The van der Waals surface area contributed by atoms with Gasteiger partial charge in [-0.05, 0) is 19.4 Å². The van der Waals surface area contributed by atoms with Gasteiger partial charge in [-0.1, -0.05) is 0 Å². The van der Waals surface area contributed by atoms with Gasteiger partial charge in [-0.15, -0.1) is 0 Å². The van der Waals surface area contributed by atoms with E-state index in [1.54, 1.807) is 6.92 Å². The third-order valence-electron chi connectivity index (χ3n) is 2.16. The predicted octanol–water partition coefficient (Wildman–Crippen LogP) is 3.15. The van der Waals surface area contributed by atoms with Gasteiger partial charge in [-0.3, -0.25) is 0 Å². The summed E-state index contributed by atoms with van der Waals surface area (Å²) in [6.45, 7) is 1.48. The summed E-state index contributed by atoms with van der Waals surface area (Å²) in [4.78, 5) is 10.7. The van der Waals surface area contributed by atoms with Gasteiger partial charge in [0.1, 0.15) is 12.4 Å². The van der Waals surface area contributed by atoms with E-state index in [0.29, 0.717) is 5.56 Å². The second kappa shape index (κ2) is 5.90. The highest BCUT2D eigenvalue weighted by molar-refractivity contribution is 5.86. The minimum atomic E-state index is -4.18. The number of hydrogen-bond acceptors (Lipinski definition) is 3. The Hall–Kier alpha value is -1.50. The summed E-state index contributed by atoms with van der Waals surface area (Å²) in [5.41, 5.74) is 0.455. The van der Waals surface area contributed by atoms with E-state index < -0.39 is 18.6 Å². The standard InChI is InChI=1S/C11H13F3O4/c1-7-5-8(18-9(7)10(15)16)6-17-4-2-3-11(12,13)14/h5H,2-4,6H2,1H3,(H,15,16). The van der Waals surface area contributed by atoms with Crippen molar-refractivity contribution in [3.63, 3.8) is 0 Å². The summed E-state index contributed by atoms with van der Waals surface area (Å²) < 4.78 is 45.4. The number of alkyl halides is 3. The van der Waals surface area contributed by atoms with Crippen LogP contribution in [0.4, 0.5) is 13.2 Å². The van der Waals surface area contributed by atoms with Crippen LogP contribution in [0.5, 0.6) is 0 Å². The predicted molar refractivity (Wildman–Crippen MR) is 55.3 cm³/mol. The van der Waals surface area contributed by atoms with Crippen LogP contribution in [0.1, 0.15) is 34.7 Å². The van der Waals surface area contributed by atoms with Crippen LogP contribution >= 0.6 is 0 Å². The molecule has 0 aliphatic carbocycles. The molecule has 1 heterocycles. The fraction of sp³-hybridized carbons (Fsp3) is 0.545. The van der Waals surface area contributed by atoms with E-state index in [9.17, 15) is 18.0 Å². The van der Waals surface area contributed by atoms with Gasteiger partial charge in [0.05, 0.1) is 0 Å². The van der Waals surface area contributed by atoms with Crippen LogP contribution in [0.25, 0.3) is 0 Å².